The first-order valence-electron chi connectivity index (χ1n) is 4.01. The summed E-state index contributed by atoms with van der Waals surface area (Å²) in [5, 5.41) is 12.1. The van der Waals surface area contributed by atoms with E-state index < -0.39 is 0 Å². The summed E-state index contributed by atoms with van der Waals surface area (Å²) in [6.07, 6.45) is 1.73. The van der Waals surface area contributed by atoms with Gasteiger partial charge in [0.15, 0.2) is 0 Å². The van der Waals surface area contributed by atoms with Gasteiger partial charge in [0.25, 0.3) is 0 Å². The Hall–Kier alpha value is -0.630. The zero-order valence-corrected chi connectivity index (χ0v) is 9.73. The number of pyridine rings is 1. The van der Waals surface area contributed by atoms with Crippen molar-refractivity contribution >= 4 is 28.3 Å². The summed E-state index contributed by atoms with van der Waals surface area (Å²) < 4.78 is 0.941. The normalized spacial score (nSPS) is 17.4. The number of aromatic nitrogens is 1. The lowest BCUT2D eigenvalue weighted by Crippen LogP contribution is -2.56. The van der Waals surface area contributed by atoms with E-state index in [2.05, 4.69) is 32.3 Å². The van der Waals surface area contributed by atoms with Crippen LogP contribution in [0.4, 0.5) is 0 Å². The number of nitrogens with one attached hydrogen (secondary N) is 1. The van der Waals surface area contributed by atoms with Gasteiger partial charge in [-0.05, 0) is 28.1 Å². The van der Waals surface area contributed by atoms with E-state index in [0.717, 1.165) is 10.2 Å². The molecule has 0 aromatic carbocycles. The maximum Gasteiger partial charge on any atom is 0.124 e. The van der Waals surface area contributed by atoms with Crippen LogP contribution in [0.25, 0.3) is 0 Å². The molecule has 74 valence electrons. The van der Waals surface area contributed by atoms with Crippen molar-refractivity contribution in [1.29, 1.82) is 5.26 Å². The molecule has 0 amide bonds. The Morgan fingerprint density at radius 1 is 1.50 bits per heavy atom. The quantitative estimate of drug-likeness (QED) is 0.847. The molecule has 5 heteroatoms. The van der Waals surface area contributed by atoms with Crippen molar-refractivity contribution in [3.05, 3.63) is 28.5 Å². The Bertz CT molecular complexity index is 353. The van der Waals surface area contributed by atoms with E-state index in [1.165, 1.54) is 0 Å². The number of nitrogens with zero attached hydrogens (tertiary/aromatic N) is 2. The molecule has 0 bridgehead atoms. The van der Waals surface area contributed by atoms with Crippen LogP contribution >= 0.6 is 28.3 Å². The molecular weight excluding hydrogens is 265 g/mol. The van der Waals surface area contributed by atoms with Gasteiger partial charge < -0.3 is 5.32 Å². The van der Waals surface area contributed by atoms with Crippen LogP contribution in [0.2, 0.25) is 0 Å². The molecule has 0 saturated carbocycles. The molecule has 1 aromatic rings. The van der Waals surface area contributed by atoms with Gasteiger partial charge in [-0.1, -0.05) is 0 Å². The summed E-state index contributed by atoms with van der Waals surface area (Å²) in [5.41, 5.74) is 0.470. The Morgan fingerprint density at radius 3 is 2.57 bits per heavy atom. The van der Waals surface area contributed by atoms with Crippen molar-refractivity contribution in [3.63, 3.8) is 0 Å². The van der Waals surface area contributed by atoms with Crippen molar-refractivity contribution in [1.82, 2.24) is 10.3 Å². The van der Waals surface area contributed by atoms with Gasteiger partial charge >= 0.3 is 0 Å². The van der Waals surface area contributed by atoms with Crippen LogP contribution in [0, 0.1) is 11.3 Å². The van der Waals surface area contributed by atoms with Gasteiger partial charge in [-0.2, -0.15) is 5.26 Å². The lowest BCUT2D eigenvalue weighted by atomic mass is 9.80. The van der Waals surface area contributed by atoms with E-state index in [-0.39, 0.29) is 17.8 Å². The average Bonchev–Trinajstić information content (AvgIpc) is 2.07. The van der Waals surface area contributed by atoms with E-state index in [0.29, 0.717) is 13.1 Å². The predicted molar refractivity (Wildman–Crippen MR) is 59.3 cm³/mol. The van der Waals surface area contributed by atoms with Crippen molar-refractivity contribution in [2.24, 2.45) is 0 Å². The molecule has 1 N–H and O–H groups in total. The van der Waals surface area contributed by atoms with Crippen LogP contribution in [0.5, 0.6) is 0 Å². The maximum absolute atomic E-state index is 9.02. The fourth-order valence-corrected chi connectivity index (χ4v) is 1.59. The molecule has 0 aliphatic carbocycles. The minimum Gasteiger partial charge on any atom is -0.313 e. The van der Waals surface area contributed by atoms with Crippen molar-refractivity contribution in [2.45, 2.75) is 5.41 Å². The summed E-state index contributed by atoms with van der Waals surface area (Å²) in [6, 6.07) is 6.12. The van der Waals surface area contributed by atoms with E-state index in [1.54, 1.807) is 6.20 Å². The van der Waals surface area contributed by atoms with E-state index in [9.17, 15) is 0 Å². The third-order valence-electron chi connectivity index (χ3n) is 2.29. The molecule has 0 unspecified atom stereocenters. The highest BCUT2D eigenvalue weighted by atomic mass is 79.9. The van der Waals surface area contributed by atoms with Gasteiger partial charge in [0, 0.05) is 23.8 Å². The molecule has 0 radical (unpaired) electrons. The molecule has 1 aliphatic rings. The Labute approximate surface area is 97.1 Å². The third-order valence-corrected chi connectivity index (χ3v) is 2.75. The van der Waals surface area contributed by atoms with Crippen LogP contribution in [0.15, 0.2) is 22.8 Å². The molecule has 3 nitrogen and oxygen atoms in total. The van der Waals surface area contributed by atoms with Crippen molar-refractivity contribution in [2.75, 3.05) is 13.1 Å². The monoisotopic (exact) mass is 273 g/mol. The van der Waals surface area contributed by atoms with Crippen LogP contribution in [0.1, 0.15) is 5.69 Å². The Morgan fingerprint density at radius 2 is 2.21 bits per heavy atom. The first-order valence-corrected chi connectivity index (χ1v) is 4.80. The molecule has 14 heavy (non-hydrogen) atoms. The van der Waals surface area contributed by atoms with Gasteiger partial charge in [-0.15, -0.1) is 12.4 Å². The summed E-state index contributed by atoms with van der Waals surface area (Å²) in [4.78, 5) is 4.23. The second-order valence-electron chi connectivity index (χ2n) is 3.16. The number of halogens is 2. The lowest BCUT2D eigenvalue weighted by Gasteiger charge is -2.35. The van der Waals surface area contributed by atoms with E-state index >= 15 is 0 Å². The molecule has 0 spiro atoms. The lowest BCUT2D eigenvalue weighted by molar-refractivity contribution is 0.348. The minimum absolute atomic E-state index is 0. The molecule has 2 heterocycles. The number of nitriles is 1. The standard InChI is InChI=1S/C9H8BrN3.ClH/c10-7-1-2-8(13-3-7)9(4-11)5-12-6-9;/h1-3,12H,5-6H2;1H. The number of hydrogen-bond donors (Lipinski definition) is 1. The summed E-state index contributed by atoms with van der Waals surface area (Å²) in [7, 11) is 0. The van der Waals surface area contributed by atoms with Crippen LogP contribution in [0.3, 0.4) is 0 Å². The van der Waals surface area contributed by atoms with Crippen LogP contribution < -0.4 is 5.32 Å². The molecule has 1 aliphatic heterocycles. The Kier molecular flexibility index (Phi) is 3.48. The van der Waals surface area contributed by atoms with Gasteiger partial charge in [-0.3, -0.25) is 4.98 Å². The minimum atomic E-state index is -0.388. The predicted octanol–water partition coefficient (Wildman–Crippen LogP) is 1.63. The highest BCUT2D eigenvalue weighted by molar-refractivity contribution is 9.10. The SMILES string of the molecule is Cl.N#CC1(c2ccc(Br)cn2)CNC1. The first kappa shape index (κ1) is 11.4. The van der Waals surface area contributed by atoms with Gasteiger partial charge in [0.05, 0.1) is 11.8 Å². The van der Waals surface area contributed by atoms with Gasteiger partial charge in [0.1, 0.15) is 5.41 Å². The van der Waals surface area contributed by atoms with Crippen LogP contribution in [-0.4, -0.2) is 18.1 Å². The zero-order valence-electron chi connectivity index (χ0n) is 7.33. The Balaban J connectivity index is 0.000000980. The topological polar surface area (TPSA) is 48.7 Å². The summed E-state index contributed by atoms with van der Waals surface area (Å²) in [5.74, 6) is 0. The van der Waals surface area contributed by atoms with Crippen molar-refractivity contribution in [3.8, 4) is 6.07 Å². The largest absolute Gasteiger partial charge is 0.313 e. The molecular formula is C9H9BrClN3. The summed E-state index contributed by atoms with van der Waals surface area (Å²) >= 11 is 3.31. The maximum atomic E-state index is 9.02. The van der Waals surface area contributed by atoms with E-state index in [4.69, 9.17) is 5.26 Å². The van der Waals surface area contributed by atoms with Crippen molar-refractivity contribution < 1.29 is 0 Å². The highest BCUT2D eigenvalue weighted by Crippen LogP contribution is 2.26. The molecule has 1 aromatic heterocycles. The van der Waals surface area contributed by atoms with Gasteiger partial charge in [0.2, 0.25) is 0 Å². The van der Waals surface area contributed by atoms with Gasteiger partial charge in [-0.25, -0.2) is 0 Å². The zero-order chi connectivity index (χ0) is 9.31. The molecule has 1 saturated heterocycles. The number of rotatable bonds is 1. The first-order chi connectivity index (χ1) is 6.27. The third kappa shape index (κ3) is 1.76. The van der Waals surface area contributed by atoms with E-state index in [1.807, 2.05) is 12.1 Å². The average molecular weight is 275 g/mol. The summed E-state index contributed by atoms with van der Waals surface area (Å²) in [6.45, 7) is 1.41. The molecule has 0 atom stereocenters. The second kappa shape index (κ2) is 4.26. The number of hydrogen-bond acceptors (Lipinski definition) is 3. The molecule has 1 fully saturated rings. The second-order valence-corrected chi connectivity index (χ2v) is 4.07. The fourth-order valence-electron chi connectivity index (χ4n) is 1.35. The highest BCUT2D eigenvalue weighted by Gasteiger charge is 2.40. The fraction of sp³-hybridized carbons (Fsp3) is 0.333. The van der Waals surface area contributed by atoms with Crippen LogP contribution in [-0.2, 0) is 5.41 Å². The molecule has 2 rings (SSSR count). The smallest absolute Gasteiger partial charge is 0.124 e.